The molecule has 1 N–H and O–H groups in total. The SMILES string of the molecule is COc1ccc(C(C)=NN2CCOCC2)c(O)c1. The van der Waals surface area contributed by atoms with Crippen LogP contribution in [0, 0.1) is 0 Å². The van der Waals surface area contributed by atoms with Gasteiger partial charge in [-0.2, -0.15) is 5.10 Å². The smallest absolute Gasteiger partial charge is 0.128 e. The fourth-order valence-corrected chi connectivity index (χ4v) is 1.86. The Morgan fingerprint density at radius 2 is 2.11 bits per heavy atom. The standard InChI is InChI=1S/C13H18N2O3/c1-10(14-15-5-7-18-8-6-15)12-4-3-11(17-2)9-13(12)16/h3-4,9,16H,5-8H2,1-2H3. The highest BCUT2D eigenvalue weighted by Gasteiger charge is 2.11. The van der Waals surface area contributed by atoms with Gasteiger partial charge < -0.3 is 14.6 Å². The van der Waals surface area contributed by atoms with E-state index in [0.717, 1.165) is 24.4 Å². The van der Waals surface area contributed by atoms with Crippen molar-refractivity contribution in [1.82, 2.24) is 5.01 Å². The Bertz CT molecular complexity index is 440. The number of benzene rings is 1. The third-order valence-corrected chi connectivity index (χ3v) is 2.87. The van der Waals surface area contributed by atoms with Crippen molar-refractivity contribution in [3.05, 3.63) is 23.8 Å². The van der Waals surface area contributed by atoms with Crippen LogP contribution in [-0.2, 0) is 4.74 Å². The average molecular weight is 250 g/mol. The maximum absolute atomic E-state index is 9.92. The molecule has 1 fully saturated rings. The van der Waals surface area contributed by atoms with E-state index < -0.39 is 0 Å². The summed E-state index contributed by atoms with van der Waals surface area (Å²) in [7, 11) is 1.57. The summed E-state index contributed by atoms with van der Waals surface area (Å²) in [5, 5.41) is 16.4. The molecule has 1 aliphatic rings. The number of nitrogens with zero attached hydrogens (tertiary/aromatic N) is 2. The molecule has 0 saturated carbocycles. The molecular weight excluding hydrogens is 232 g/mol. The van der Waals surface area contributed by atoms with Crippen molar-refractivity contribution in [3.8, 4) is 11.5 Å². The molecule has 98 valence electrons. The molecule has 1 aromatic carbocycles. The molecule has 2 rings (SSSR count). The molecule has 1 aliphatic heterocycles. The van der Waals surface area contributed by atoms with Crippen LogP contribution in [0.15, 0.2) is 23.3 Å². The molecule has 0 amide bonds. The predicted molar refractivity (Wildman–Crippen MR) is 69.3 cm³/mol. The van der Waals surface area contributed by atoms with Crippen LogP contribution in [0.3, 0.4) is 0 Å². The maximum Gasteiger partial charge on any atom is 0.128 e. The second-order valence-corrected chi connectivity index (χ2v) is 4.13. The molecule has 18 heavy (non-hydrogen) atoms. The van der Waals surface area contributed by atoms with E-state index in [1.165, 1.54) is 0 Å². The quantitative estimate of drug-likeness (QED) is 0.825. The Morgan fingerprint density at radius 3 is 2.72 bits per heavy atom. The van der Waals surface area contributed by atoms with Crippen LogP contribution < -0.4 is 4.74 Å². The van der Waals surface area contributed by atoms with Crippen molar-refractivity contribution < 1.29 is 14.6 Å². The molecule has 0 aliphatic carbocycles. The second kappa shape index (κ2) is 5.73. The molecule has 5 heteroatoms. The third kappa shape index (κ3) is 2.92. The number of rotatable bonds is 3. The molecule has 0 bridgehead atoms. The minimum absolute atomic E-state index is 0.184. The lowest BCUT2D eigenvalue weighted by Gasteiger charge is -2.24. The molecule has 0 radical (unpaired) electrons. The first kappa shape index (κ1) is 12.7. The Balaban J connectivity index is 2.16. The minimum Gasteiger partial charge on any atom is -0.507 e. The van der Waals surface area contributed by atoms with Crippen molar-refractivity contribution in [2.45, 2.75) is 6.92 Å². The van der Waals surface area contributed by atoms with Crippen molar-refractivity contribution in [3.63, 3.8) is 0 Å². The number of hydrogen-bond donors (Lipinski definition) is 1. The van der Waals surface area contributed by atoms with Crippen LogP contribution >= 0.6 is 0 Å². The van der Waals surface area contributed by atoms with Gasteiger partial charge >= 0.3 is 0 Å². The van der Waals surface area contributed by atoms with Gasteiger partial charge in [0.2, 0.25) is 0 Å². The predicted octanol–water partition coefficient (Wildman–Crippen LogP) is 1.46. The van der Waals surface area contributed by atoms with Crippen LogP contribution in [-0.4, -0.2) is 49.2 Å². The van der Waals surface area contributed by atoms with Crippen LogP contribution in [0.5, 0.6) is 11.5 Å². The van der Waals surface area contributed by atoms with Gasteiger partial charge in [-0.15, -0.1) is 0 Å². The van der Waals surface area contributed by atoms with E-state index in [4.69, 9.17) is 9.47 Å². The van der Waals surface area contributed by atoms with E-state index in [1.54, 1.807) is 13.2 Å². The van der Waals surface area contributed by atoms with Crippen molar-refractivity contribution in [1.29, 1.82) is 0 Å². The van der Waals surface area contributed by atoms with Gasteiger partial charge in [-0.25, -0.2) is 0 Å². The molecule has 1 aromatic rings. The summed E-state index contributed by atoms with van der Waals surface area (Å²) < 4.78 is 10.3. The number of hydrazone groups is 1. The van der Waals surface area contributed by atoms with E-state index in [-0.39, 0.29) is 5.75 Å². The van der Waals surface area contributed by atoms with Crippen molar-refractivity contribution in [2.24, 2.45) is 5.10 Å². The number of ether oxygens (including phenoxy) is 2. The van der Waals surface area contributed by atoms with Crippen molar-refractivity contribution >= 4 is 5.71 Å². The lowest BCUT2D eigenvalue weighted by molar-refractivity contribution is 0.0393. The molecule has 0 unspecified atom stereocenters. The van der Waals surface area contributed by atoms with Crippen LogP contribution in [0.1, 0.15) is 12.5 Å². The Labute approximate surface area is 107 Å². The Kier molecular flexibility index (Phi) is 4.04. The van der Waals surface area contributed by atoms with E-state index in [9.17, 15) is 5.11 Å². The first-order valence-electron chi connectivity index (χ1n) is 5.96. The number of phenolic OH excluding ortho intramolecular Hbond substituents is 1. The molecule has 0 atom stereocenters. The fourth-order valence-electron chi connectivity index (χ4n) is 1.86. The van der Waals surface area contributed by atoms with E-state index in [0.29, 0.717) is 19.0 Å². The van der Waals surface area contributed by atoms with Gasteiger partial charge in [0.25, 0.3) is 0 Å². The molecule has 1 heterocycles. The normalized spacial score (nSPS) is 16.8. The van der Waals surface area contributed by atoms with E-state index in [2.05, 4.69) is 5.10 Å². The van der Waals surface area contributed by atoms with Crippen LogP contribution in [0.2, 0.25) is 0 Å². The number of aromatic hydroxyl groups is 1. The van der Waals surface area contributed by atoms with Crippen LogP contribution in [0.25, 0.3) is 0 Å². The third-order valence-electron chi connectivity index (χ3n) is 2.87. The zero-order valence-corrected chi connectivity index (χ0v) is 10.7. The number of morpholine rings is 1. The van der Waals surface area contributed by atoms with Crippen LogP contribution in [0.4, 0.5) is 0 Å². The first-order chi connectivity index (χ1) is 8.70. The number of methoxy groups -OCH3 is 1. The number of hydrogen-bond acceptors (Lipinski definition) is 5. The summed E-state index contributed by atoms with van der Waals surface area (Å²) in [5.41, 5.74) is 1.51. The lowest BCUT2D eigenvalue weighted by Crippen LogP contribution is -2.33. The molecule has 0 aromatic heterocycles. The molecule has 0 spiro atoms. The van der Waals surface area contributed by atoms with Gasteiger partial charge in [-0.05, 0) is 19.1 Å². The minimum atomic E-state index is 0.184. The van der Waals surface area contributed by atoms with Crippen molar-refractivity contribution in [2.75, 3.05) is 33.4 Å². The number of phenols is 1. The van der Waals surface area contributed by atoms with E-state index >= 15 is 0 Å². The van der Waals surface area contributed by atoms with Gasteiger partial charge in [0.15, 0.2) is 0 Å². The van der Waals surface area contributed by atoms with Gasteiger partial charge in [0.05, 0.1) is 39.1 Å². The summed E-state index contributed by atoms with van der Waals surface area (Å²) in [6.07, 6.45) is 0. The maximum atomic E-state index is 9.92. The second-order valence-electron chi connectivity index (χ2n) is 4.13. The zero-order chi connectivity index (χ0) is 13.0. The highest BCUT2D eigenvalue weighted by atomic mass is 16.5. The summed E-state index contributed by atoms with van der Waals surface area (Å²) >= 11 is 0. The fraction of sp³-hybridized carbons (Fsp3) is 0.462. The summed E-state index contributed by atoms with van der Waals surface area (Å²) in [4.78, 5) is 0. The zero-order valence-electron chi connectivity index (χ0n) is 10.7. The lowest BCUT2D eigenvalue weighted by atomic mass is 10.1. The highest BCUT2D eigenvalue weighted by Crippen LogP contribution is 2.24. The first-order valence-corrected chi connectivity index (χ1v) is 5.96. The molecular formula is C13H18N2O3. The van der Waals surface area contributed by atoms with Gasteiger partial charge in [-0.3, -0.25) is 5.01 Å². The molecule has 1 saturated heterocycles. The topological polar surface area (TPSA) is 54.3 Å². The van der Waals surface area contributed by atoms with Gasteiger partial charge in [0.1, 0.15) is 11.5 Å². The Hall–Kier alpha value is -1.75. The summed E-state index contributed by atoms with van der Waals surface area (Å²) in [5.74, 6) is 0.819. The summed E-state index contributed by atoms with van der Waals surface area (Å²) in [6.45, 7) is 4.86. The monoisotopic (exact) mass is 250 g/mol. The summed E-state index contributed by atoms with van der Waals surface area (Å²) in [6, 6.07) is 5.22. The Morgan fingerprint density at radius 1 is 1.39 bits per heavy atom. The van der Waals surface area contributed by atoms with Gasteiger partial charge in [-0.1, -0.05) is 0 Å². The average Bonchev–Trinajstić information content (AvgIpc) is 2.39. The van der Waals surface area contributed by atoms with Gasteiger partial charge in [0, 0.05) is 11.6 Å². The highest BCUT2D eigenvalue weighted by molar-refractivity contribution is 6.01. The molecule has 5 nitrogen and oxygen atoms in total. The largest absolute Gasteiger partial charge is 0.507 e. The van der Waals surface area contributed by atoms with E-state index in [1.807, 2.05) is 24.1 Å².